The fourth-order valence-corrected chi connectivity index (χ4v) is 3.73. The van der Waals surface area contributed by atoms with E-state index in [1.54, 1.807) is 11.3 Å². The van der Waals surface area contributed by atoms with Crippen molar-refractivity contribution in [2.45, 2.75) is 25.8 Å². The summed E-state index contributed by atoms with van der Waals surface area (Å²) in [7, 11) is 0. The van der Waals surface area contributed by atoms with E-state index in [0.717, 1.165) is 21.5 Å². The summed E-state index contributed by atoms with van der Waals surface area (Å²) in [6.07, 6.45) is 1.43. The summed E-state index contributed by atoms with van der Waals surface area (Å²) >= 11 is 5.13. The van der Waals surface area contributed by atoms with Crippen LogP contribution in [0.4, 0.5) is 5.69 Å². The highest BCUT2D eigenvalue weighted by atomic mass is 79.9. The van der Waals surface area contributed by atoms with Crippen LogP contribution in [0.2, 0.25) is 0 Å². The minimum absolute atomic E-state index is 0.191. The molecule has 0 saturated carbocycles. The van der Waals surface area contributed by atoms with Crippen molar-refractivity contribution >= 4 is 38.9 Å². The molecule has 0 unspecified atom stereocenters. The lowest BCUT2D eigenvalue weighted by atomic mass is 10.1. The Morgan fingerprint density at radius 1 is 1.47 bits per heavy atom. The predicted octanol–water partition coefficient (Wildman–Crippen LogP) is 4.03. The number of benzene rings is 1. The Morgan fingerprint density at radius 2 is 2.32 bits per heavy atom. The molecule has 0 saturated heterocycles. The lowest BCUT2D eigenvalue weighted by molar-refractivity contribution is -0.118. The smallest absolute Gasteiger partial charge is 0.232 e. The molecule has 1 aromatic heterocycles. The molecular formula is C15H14BrNOS. The van der Waals surface area contributed by atoms with Crippen molar-refractivity contribution in [3.8, 4) is 0 Å². The third-order valence-electron chi connectivity index (χ3n) is 3.43. The lowest BCUT2D eigenvalue weighted by Crippen LogP contribution is -2.36. The number of hydrogen-bond acceptors (Lipinski definition) is 2. The van der Waals surface area contributed by atoms with Crippen LogP contribution in [0.25, 0.3) is 0 Å². The number of anilines is 1. The number of carbonyl (C=O) groups excluding carboxylic acids is 1. The van der Waals surface area contributed by atoms with Gasteiger partial charge in [0.2, 0.25) is 5.91 Å². The van der Waals surface area contributed by atoms with Crippen molar-refractivity contribution in [3.05, 3.63) is 50.6 Å². The van der Waals surface area contributed by atoms with E-state index in [-0.39, 0.29) is 11.9 Å². The van der Waals surface area contributed by atoms with Crippen molar-refractivity contribution in [2.75, 3.05) is 4.90 Å². The molecule has 4 heteroatoms. The van der Waals surface area contributed by atoms with Crippen LogP contribution in [0.3, 0.4) is 0 Å². The quantitative estimate of drug-likeness (QED) is 0.811. The predicted molar refractivity (Wildman–Crippen MR) is 82.8 cm³/mol. The molecule has 1 aliphatic rings. The van der Waals surface area contributed by atoms with Crippen LogP contribution >= 0.6 is 27.3 Å². The first-order valence-corrected chi connectivity index (χ1v) is 7.95. The Hall–Kier alpha value is -1.13. The number of fused-ring (bicyclic) bond motifs is 1. The average Bonchev–Trinajstić information content (AvgIpc) is 2.95. The highest BCUT2D eigenvalue weighted by Crippen LogP contribution is 2.34. The standard InChI is InChI=1S/C15H14BrNOS/c1-10-7-11-8-12(16)4-5-14(11)17(10)15(18)9-13-3-2-6-19-13/h2-6,8,10H,7,9H2,1H3/t10-/m0/s1. The lowest BCUT2D eigenvalue weighted by Gasteiger charge is -2.22. The van der Waals surface area contributed by atoms with Crippen LogP contribution in [0.15, 0.2) is 40.2 Å². The maximum atomic E-state index is 12.5. The van der Waals surface area contributed by atoms with Crippen molar-refractivity contribution < 1.29 is 4.79 Å². The van der Waals surface area contributed by atoms with Crippen molar-refractivity contribution in [1.82, 2.24) is 0 Å². The second-order valence-corrected chi connectivity index (χ2v) is 6.79. The van der Waals surface area contributed by atoms with Gasteiger partial charge in [0.25, 0.3) is 0 Å². The molecule has 0 N–H and O–H groups in total. The van der Waals surface area contributed by atoms with E-state index in [1.165, 1.54) is 5.56 Å². The molecule has 0 aliphatic carbocycles. The highest BCUT2D eigenvalue weighted by Gasteiger charge is 2.30. The van der Waals surface area contributed by atoms with Gasteiger partial charge < -0.3 is 4.90 Å². The van der Waals surface area contributed by atoms with E-state index in [1.807, 2.05) is 34.5 Å². The van der Waals surface area contributed by atoms with E-state index >= 15 is 0 Å². The molecule has 3 rings (SSSR count). The second-order valence-electron chi connectivity index (χ2n) is 4.85. The number of hydrogen-bond donors (Lipinski definition) is 0. The van der Waals surface area contributed by atoms with E-state index in [4.69, 9.17) is 0 Å². The van der Waals surface area contributed by atoms with Gasteiger partial charge in [0.05, 0.1) is 6.42 Å². The van der Waals surface area contributed by atoms with E-state index in [9.17, 15) is 4.79 Å². The monoisotopic (exact) mass is 335 g/mol. The van der Waals surface area contributed by atoms with Gasteiger partial charge in [-0.3, -0.25) is 4.79 Å². The summed E-state index contributed by atoms with van der Waals surface area (Å²) in [6.45, 7) is 2.11. The largest absolute Gasteiger partial charge is 0.309 e. The maximum Gasteiger partial charge on any atom is 0.232 e. The van der Waals surface area contributed by atoms with Gasteiger partial charge in [0.15, 0.2) is 0 Å². The molecule has 2 aromatic rings. The van der Waals surface area contributed by atoms with Crippen molar-refractivity contribution in [2.24, 2.45) is 0 Å². The molecule has 0 bridgehead atoms. The fraction of sp³-hybridized carbons (Fsp3) is 0.267. The van der Waals surface area contributed by atoms with E-state index < -0.39 is 0 Å². The third kappa shape index (κ3) is 2.47. The van der Waals surface area contributed by atoms with E-state index in [0.29, 0.717) is 6.42 Å². The van der Waals surface area contributed by atoms with Crippen molar-refractivity contribution in [1.29, 1.82) is 0 Å². The topological polar surface area (TPSA) is 20.3 Å². The Morgan fingerprint density at radius 3 is 3.05 bits per heavy atom. The summed E-state index contributed by atoms with van der Waals surface area (Å²) in [6, 6.07) is 10.4. The third-order valence-corrected chi connectivity index (χ3v) is 4.80. The number of carbonyl (C=O) groups is 1. The van der Waals surface area contributed by atoms with E-state index in [2.05, 4.69) is 28.9 Å². The number of nitrogens with zero attached hydrogens (tertiary/aromatic N) is 1. The van der Waals surface area contributed by atoms with Crippen LogP contribution in [0.1, 0.15) is 17.4 Å². The molecule has 2 heterocycles. The Bertz CT molecular complexity index is 609. The first kappa shape index (κ1) is 12.9. The van der Waals surface area contributed by atoms with Gasteiger partial charge in [0, 0.05) is 21.1 Å². The van der Waals surface area contributed by atoms with Crippen LogP contribution in [-0.2, 0) is 17.6 Å². The number of thiophene rings is 1. The van der Waals surface area contributed by atoms with Crippen molar-refractivity contribution in [3.63, 3.8) is 0 Å². The van der Waals surface area contributed by atoms with Crippen LogP contribution in [-0.4, -0.2) is 11.9 Å². The molecule has 1 atom stereocenters. The minimum Gasteiger partial charge on any atom is -0.309 e. The average molecular weight is 336 g/mol. The molecule has 0 fully saturated rings. The van der Waals surface area contributed by atoms with Gasteiger partial charge in [-0.15, -0.1) is 11.3 Å². The minimum atomic E-state index is 0.191. The van der Waals surface area contributed by atoms with Gasteiger partial charge in [-0.2, -0.15) is 0 Å². The molecule has 0 radical (unpaired) electrons. The number of halogens is 1. The first-order chi connectivity index (χ1) is 9.15. The zero-order valence-electron chi connectivity index (χ0n) is 10.6. The summed E-state index contributed by atoms with van der Waals surface area (Å²) < 4.78 is 1.08. The van der Waals surface area contributed by atoms with Gasteiger partial charge in [-0.05, 0) is 48.6 Å². The zero-order valence-corrected chi connectivity index (χ0v) is 13.0. The Labute approximate surface area is 125 Å². The zero-order chi connectivity index (χ0) is 13.4. The van der Waals surface area contributed by atoms with Crippen LogP contribution in [0.5, 0.6) is 0 Å². The van der Waals surface area contributed by atoms with Gasteiger partial charge >= 0.3 is 0 Å². The molecule has 1 aromatic carbocycles. The van der Waals surface area contributed by atoms with Gasteiger partial charge in [-0.1, -0.05) is 22.0 Å². The molecule has 98 valence electrons. The summed E-state index contributed by atoms with van der Waals surface area (Å²) in [4.78, 5) is 15.6. The molecule has 1 aliphatic heterocycles. The van der Waals surface area contributed by atoms with Crippen LogP contribution < -0.4 is 4.90 Å². The molecule has 2 nitrogen and oxygen atoms in total. The highest BCUT2D eigenvalue weighted by molar-refractivity contribution is 9.10. The molecular weight excluding hydrogens is 322 g/mol. The van der Waals surface area contributed by atoms with Crippen LogP contribution in [0, 0.1) is 0 Å². The molecule has 19 heavy (non-hydrogen) atoms. The Kier molecular flexibility index (Phi) is 3.46. The molecule has 0 spiro atoms. The second kappa shape index (κ2) is 5.10. The summed E-state index contributed by atoms with van der Waals surface area (Å²) in [5, 5.41) is 2.01. The first-order valence-electron chi connectivity index (χ1n) is 6.28. The normalized spacial score (nSPS) is 17.6. The summed E-state index contributed by atoms with van der Waals surface area (Å²) in [5.74, 6) is 0.191. The van der Waals surface area contributed by atoms with Gasteiger partial charge in [0.1, 0.15) is 0 Å². The maximum absolute atomic E-state index is 12.5. The number of rotatable bonds is 2. The molecule has 1 amide bonds. The van der Waals surface area contributed by atoms with Gasteiger partial charge in [-0.25, -0.2) is 0 Å². The number of amides is 1. The Balaban J connectivity index is 1.87. The summed E-state index contributed by atoms with van der Waals surface area (Å²) in [5.41, 5.74) is 2.32. The fourth-order valence-electron chi connectivity index (χ4n) is 2.63. The SMILES string of the molecule is C[C@H]1Cc2cc(Br)ccc2N1C(=O)Cc1cccs1.